The fourth-order valence-electron chi connectivity index (χ4n) is 0.884. The normalized spacial score (nSPS) is 15.5. The molecule has 0 heterocycles. The fourth-order valence-corrected chi connectivity index (χ4v) is 0.884. The SMILES string of the molecule is C1CCCC1.O=[PH](O)O.[NaH]. The molecule has 10 heavy (non-hydrogen) atoms. The summed E-state index contributed by atoms with van der Waals surface area (Å²) in [5.74, 6) is 0. The van der Waals surface area contributed by atoms with E-state index in [-0.39, 0.29) is 29.6 Å². The molecule has 3 nitrogen and oxygen atoms in total. The summed E-state index contributed by atoms with van der Waals surface area (Å²) in [6.07, 6.45) is 7.50. The minimum absolute atomic E-state index is 0. The third-order valence-corrected chi connectivity index (χ3v) is 1.25. The summed E-state index contributed by atoms with van der Waals surface area (Å²) < 4.78 is 8.74. The molecule has 0 aromatic heterocycles. The van der Waals surface area contributed by atoms with Crippen LogP contribution in [-0.4, -0.2) is 39.3 Å². The van der Waals surface area contributed by atoms with Crippen LogP contribution >= 0.6 is 8.25 Å². The van der Waals surface area contributed by atoms with Crippen molar-refractivity contribution < 1.29 is 14.4 Å². The van der Waals surface area contributed by atoms with Gasteiger partial charge in [-0.25, -0.2) is 0 Å². The van der Waals surface area contributed by atoms with Crippen molar-refractivity contribution in [2.45, 2.75) is 32.1 Å². The Hall–Kier alpha value is 1.15. The summed E-state index contributed by atoms with van der Waals surface area (Å²) in [6, 6.07) is 0. The molecular weight excluding hydrogens is 162 g/mol. The topological polar surface area (TPSA) is 57.5 Å². The predicted molar refractivity (Wildman–Crippen MR) is 43.7 cm³/mol. The Bertz CT molecular complexity index is 73.4. The van der Waals surface area contributed by atoms with Gasteiger partial charge in [-0.05, 0) is 0 Å². The standard InChI is InChI=1S/C5H10.Na.H3O3P.H/c1-2-4-5-3-1;;1-4(2)3;/h1-5H2;;4H,(H2,1,2,3);. The molecule has 0 bridgehead atoms. The van der Waals surface area contributed by atoms with Gasteiger partial charge in [0.25, 0.3) is 0 Å². The molecule has 0 unspecified atom stereocenters. The van der Waals surface area contributed by atoms with E-state index in [1.54, 1.807) is 0 Å². The Morgan fingerprint density at radius 1 is 0.900 bits per heavy atom. The molecule has 1 rings (SSSR count). The maximum absolute atomic E-state index is 8.74. The van der Waals surface area contributed by atoms with Crippen molar-refractivity contribution in [3.05, 3.63) is 0 Å². The van der Waals surface area contributed by atoms with E-state index in [2.05, 4.69) is 0 Å². The van der Waals surface area contributed by atoms with Gasteiger partial charge in [-0.2, -0.15) is 0 Å². The Morgan fingerprint density at radius 2 is 1.00 bits per heavy atom. The van der Waals surface area contributed by atoms with Gasteiger partial charge >= 0.3 is 37.8 Å². The Morgan fingerprint density at radius 3 is 1.10 bits per heavy atom. The molecule has 5 heteroatoms. The van der Waals surface area contributed by atoms with Gasteiger partial charge in [-0.15, -0.1) is 0 Å². The van der Waals surface area contributed by atoms with Crippen molar-refractivity contribution in [2.24, 2.45) is 0 Å². The molecule has 0 aromatic carbocycles. The van der Waals surface area contributed by atoms with Gasteiger partial charge < -0.3 is 9.79 Å². The van der Waals surface area contributed by atoms with Gasteiger partial charge in [0.1, 0.15) is 0 Å². The van der Waals surface area contributed by atoms with E-state index in [0.29, 0.717) is 0 Å². The summed E-state index contributed by atoms with van der Waals surface area (Å²) in [4.78, 5) is 14.3. The van der Waals surface area contributed by atoms with Gasteiger partial charge in [-0.3, -0.25) is 4.57 Å². The molecule has 1 aliphatic rings. The van der Waals surface area contributed by atoms with Crippen LogP contribution in [0.1, 0.15) is 32.1 Å². The van der Waals surface area contributed by atoms with Crippen LogP contribution in [0.2, 0.25) is 0 Å². The van der Waals surface area contributed by atoms with E-state index < -0.39 is 8.25 Å². The molecule has 0 radical (unpaired) electrons. The Kier molecular flexibility index (Phi) is 13.9. The molecule has 1 aliphatic carbocycles. The number of rotatable bonds is 0. The second kappa shape index (κ2) is 10.2. The van der Waals surface area contributed by atoms with Crippen LogP contribution in [0.4, 0.5) is 0 Å². The van der Waals surface area contributed by atoms with Crippen LogP contribution in [0.15, 0.2) is 0 Å². The first-order chi connectivity index (χ1) is 4.23. The maximum atomic E-state index is 8.74. The van der Waals surface area contributed by atoms with Crippen LogP contribution < -0.4 is 0 Å². The van der Waals surface area contributed by atoms with Gasteiger partial charge in [0.15, 0.2) is 0 Å². The first-order valence-corrected chi connectivity index (χ1v) is 4.45. The van der Waals surface area contributed by atoms with Crippen molar-refractivity contribution in [2.75, 3.05) is 0 Å². The zero-order valence-electron chi connectivity index (χ0n) is 5.34. The summed E-state index contributed by atoms with van der Waals surface area (Å²) >= 11 is 0. The first kappa shape index (κ1) is 13.7. The van der Waals surface area contributed by atoms with Gasteiger partial charge in [0, 0.05) is 0 Å². The van der Waals surface area contributed by atoms with E-state index in [1.807, 2.05) is 0 Å². The van der Waals surface area contributed by atoms with E-state index in [1.165, 1.54) is 32.1 Å². The number of hydrogen-bond acceptors (Lipinski definition) is 1. The quantitative estimate of drug-likeness (QED) is 0.421. The van der Waals surface area contributed by atoms with E-state index in [0.717, 1.165) is 0 Å². The second-order valence-corrected chi connectivity index (χ2v) is 2.62. The average Bonchev–Trinajstić information content (AvgIpc) is 2.11. The Balaban J connectivity index is 0. The van der Waals surface area contributed by atoms with E-state index in [4.69, 9.17) is 14.4 Å². The molecule has 1 fully saturated rings. The van der Waals surface area contributed by atoms with Gasteiger partial charge in [0.05, 0.1) is 0 Å². The predicted octanol–water partition coefficient (Wildman–Crippen LogP) is 0.663. The van der Waals surface area contributed by atoms with E-state index in [9.17, 15) is 0 Å². The fraction of sp³-hybridized carbons (Fsp3) is 1.00. The molecule has 0 saturated heterocycles. The third kappa shape index (κ3) is 16.1. The van der Waals surface area contributed by atoms with E-state index >= 15 is 0 Å². The van der Waals surface area contributed by atoms with Crippen LogP contribution in [0, 0.1) is 0 Å². The van der Waals surface area contributed by atoms with Gasteiger partial charge in [-0.1, -0.05) is 32.1 Å². The molecule has 0 aliphatic heterocycles. The van der Waals surface area contributed by atoms with Crippen molar-refractivity contribution in [3.63, 3.8) is 0 Å². The molecule has 0 aromatic rings. The number of hydrogen-bond donors (Lipinski definition) is 2. The zero-order valence-corrected chi connectivity index (χ0v) is 6.34. The van der Waals surface area contributed by atoms with Crippen LogP contribution in [0.5, 0.6) is 0 Å². The van der Waals surface area contributed by atoms with Crippen molar-refractivity contribution in [3.8, 4) is 0 Å². The molecule has 58 valence electrons. The summed E-state index contributed by atoms with van der Waals surface area (Å²) in [6.45, 7) is 0. The summed E-state index contributed by atoms with van der Waals surface area (Å²) in [7, 11) is -3.13. The molecule has 0 spiro atoms. The zero-order chi connectivity index (χ0) is 7.11. The summed E-state index contributed by atoms with van der Waals surface area (Å²) in [5, 5.41) is 0. The van der Waals surface area contributed by atoms with Crippen LogP contribution in [0.25, 0.3) is 0 Å². The van der Waals surface area contributed by atoms with Crippen LogP contribution in [-0.2, 0) is 4.57 Å². The summed E-state index contributed by atoms with van der Waals surface area (Å²) in [5.41, 5.74) is 0. The third-order valence-electron chi connectivity index (χ3n) is 1.25. The Labute approximate surface area is 84.1 Å². The second-order valence-electron chi connectivity index (χ2n) is 2.05. The molecular formula is C5H14NaO3P. The van der Waals surface area contributed by atoms with Crippen molar-refractivity contribution in [1.82, 2.24) is 0 Å². The molecule has 0 atom stereocenters. The van der Waals surface area contributed by atoms with Crippen LogP contribution in [0.3, 0.4) is 0 Å². The minimum atomic E-state index is -3.13. The van der Waals surface area contributed by atoms with Crippen molar-refractivity contribution in [1.29, 1.82) is 0 Å². The van der Waals surface area contributed by atoms with Gasteiger partial charge in [0.2, 0.25) is 0 Å². The molecule has 0 amide bonds. The average molecular weight is 176 g/mol. The monoisotopic (exact) mass is 176 g/mol. The first-order valence-electron chi connectivity index (χ1n) is 3.15. The van der Waals surface area contributed by atoms with Crippen molar-refractivity contribution >= 4 is 37.8 Å². The molecule has 1 saturated carbocycles. The molecule has 2 N–H and O–H groups in total.